The van der Waals surface area contributed by atoms with E-state index < -0.39 is 41.6 Å². The van der Waals surface area contributed by atoms with Gasteiger partial charge in [-0.05, 0) is 42.8 Å². The molecule has 2 aliphatic heterocycles. The number of aromatic nitrogens is 2. The van der Waals surface area contributed by atoms with Gasteiger partial charge in [-0.3, -0.25) is 0 Å². The van der Waals surface area contributed by atoms with E-state index in [1.54, 1.807) is 35.3 Å². The number of ether oxygens (including phenoxy) is 1. The van der Waals surface area contributed by atoms with Gasteiger partial charge in [0, 0.05) is 23.8 Å². The number of aryl methyl sites for hydroxylation is 1. The Balaban J connectivity index is 1.51. The molecule has 0 bridgehead atoms. The normalized spacial score (nSPS) is 22.4. The van der Waals surface area contributed by atoms with E-state index in [9.17, 15) is 23.8 Å². The molecule has 1 saturated heterocycles. The predicted octanol–water partition coefficient (Wildman–Crippen LogP) is 7.06. The number of amidine groups is 1. The highest BCUT2D eigenvalue weighted by Gasteiger charge is 2.67. The largest absolute Gasteiger partial charge is 0.495 e. The van der Waals surface area contributed by atoms with Gasteiger partial charge in [0.15, 0.2) is 5.84 Å². The Morgan fingerprint density at radius 2 is 1.82 bits per heavy atom. The molecule has 0 N–H and O–H groups in total. The molecule has 14 heteroatoms. The smallest absolute Gasteiger partial charge is 0.397 e. The molecule has 2 atom stereocenters. The number of nitrogens with zero attached hydrogens (tertiary/aromatic N) is 4. The van der Waals surface area contributed by atoms with Crippen LogP contribution in [0.1, 0.15) is 29.5 Å². The van der Waals surface area contributed by atoms with E-state index in [0.717, 1.165) is 17.8 Å². The molecule has 204 valence electrons. The summed E-state index contributed by atoms with van der Waals surface area (Å²) in [5, 5.41) is 4.01. The first-order valence-corrected chi connectivity index (χ1v) is 13.1. The van der Waals surface area contributed by atoms with Gasteiger partial charge in [0.05, 0.1) is 31.4 Å². The van der Waals surface area contributed by atoms with Gasteiger partial charge in [0.1, 0.15) is 17.7 Å². The zero-order chi connectivity index (χ0) is 27.4. The zero-order valence-electron chi connectivity index (χ0n) is 20.0. The number of imidazole rings is 1. The maximum atomic E-state index is 13.4. The van der Waals surface area contributed by atoms with Crippen molar-refractivity contribution in [3.05, 3.63) is 83.2 Å². The number of oxime groups is 1. The summed E-state index contributed by atoms with van der Waals surface area (Å²) in [5.41, 5.74) is 2.52. The van der Waals surface area contributed by atoms with Crippen LogP contribution in [0.3, 0.4) is 0 Å². The molecule has 0 amide bonds. The molecule has 0 spiro atoms. The Hall–Kier alpha value is -3.65. The van der Waals surface area contributed by atoms with Crippen LogP contribution >= 0.6 is 10.5 Å². The van der Waals surface area contributed by atoms with Crippen molar-refractivity contribution in [1.82, 2.24) is 14.5 Å². The van der Waals surface area contributed by atoms with Gasteiger partial charge in [-0.2, -0.15) is 0 Å². The fraction of sp³-hybridized carbons (Fsp3) is 0.250. The van der Waals surface area contributed by atoms with E-state index in [1.165, 1.54) is 30.2 Å². The minimum Gasteiger partial charge on any atom is -0.495 e. The lowest BCUT2D eigenvalue weighted by Crippen LogP contribution is -2.45. The monoisotopic (exact) mass is 560 g/mol. The molecule has 0 radical (unpaired) electrons. The van der Waals surface area contributed by atoms with Crippen molar-refractivity contribution >= 4 is 22.4 Å². The molecule has 3 heterocycles. The van der Waals surface area contributed by atoms with Crippen molar-refractivity contribution in [2.45, 2.75) is 25.7 Å². The highest BCUT2D eigenvalue weighted by Crippen LogP contribution is 2.99. The van der Waals surface area contributed by atoms with Gasteiger partial charge >= 0.3 is 10.5 Å². The second-order valence-electron chi connectivity index (χ2n) is 8.92. The minimum absolute atomic E-state index is 0.162. The molecule has 1 aromatic heterocycles. The molecule has 3 aromatic rings. The Kier molecular flexibility index (Phi) is 5.76. The average Bonchev–Trinajstić information content (AvgIpc) is 3.44. The van der Waals surface area contributed by atoms with E-state index in [1.807, 2.05) is 6.92 Å². The van der Waals surface area contributed by atoms with Gasteiger partial charge < -0.3 is 19.0 Å². The summed E-state index contributed by atoms with van der Waals surface area (Å²) >= 11 is 0. The number of methoxy groups -OCH3 is 1. The molecule has 5 rings (SSSR count). The van der Waals surface area contributed by atoms with Crippen LogP contribution in [-0.2, 0) is 9.02 Å². The first kappa shape index (κ1) is 26.0. The average molecular weight is 561 g/mol. The molecular weight excluding hydrogens is 538 g/mol. The molecule has 2 aromatic carbocycles. The third-order valence-electron chi connectivity index (χ3n) is 5.94. The maximum Gasteiger partial charge on any atom is 0.397 e. The summed E-state index contributed by atoms with van der Waals surface area (Å²) in [6.45, 7) is 1.25. The molecule has 0 aliphatic carbocycles. The van der Waals surface area contributed by atoms with Crippen LogP contribution in [0.15, 0.2) is 65.7 Å². The highest BCUT2D eigenvalue weighted by molar-refractivity contribution is 8.42. The topological polar surface area (TPSA) is 61.1 Å². The molecule has 7 nitrogen and oxygen atoms in total. The number of hydrogen-bond acceptors (Lipinski definition) is 6. The second kappa shape index (κ2) is 8.43. The van der Waals surface area contributed by atoms with E-state index in [2.05, 4.69) is 14.3 Å². The maximum absolute atomic E-state index is 13.4. The van der Waals surface area contributed by atoms with E-state index in [0.29, 0.717) is 22.6 Å². The Morgan fingerprint density at radius 1 is 1.08 bits per heavy atom. The summed E-state index contributed by atoms with van der Waals surface area (Å²) < 4.78 is 90.6. The lowest BCUT2D eigenvalue weighted by Gasteiger charge is -2.44. The highest BCUT2D eigenvalue weighted by atomic mass is 32.5. The number of fused-ring (bicyclic) bond motifs is 1. The number of hydrogen-bond donors (Lipinski definition) is 0. The van der Waals surface area contributed by atoms with Gasteiger partial charge in [-0.15, -0.1) is 0 Å². The van der Waals surface area contributed by atoms with E-state index in [-0.39, 0.29) is 11.4 Å². The van der Waals surface area contributed by atoms with Crippen molar-refractivity contribution in [2.75, 3.05) is 13.7 Å². The third-order valence-corrected chi connectivity index (χ3v) is 6.57. The quantitative estimate of drug-likeness (QED) is 0.302. The molecule has 2 unspecified atom stereocenters. The molecule has 1 fully saturated rings. The SMILES string of the molecule is COc1cc(/C=C2\CC(OS(F)(F)(F)(F)F)CN3C2=NOC3c2ccc(F)cc2)ccc1-n1cnc(C)c1. The third kappa shape index (κ3) is 5.75. The summed E-state index contributed by atoms with van der Waals surface area (Å²) in [6.07, 6.45) is 1.39. The molecule has 38 heavy (non-hydrogen) atoms. The van der Waals surface area contributed by atoms with E-state index in [4.69, 9.17) is 9.57 Å². The Labute approximate surface area is 213 Å². The molecular formula is C24H22F6N4O3S. The molecule has 2 aliphatic rings. The first-order chi connectivity index (χ1) is 17.7. The van der Waals surface area contributed by atoms with Gasteiger partial charge in [-0.1, -0.05) is 42.8 Å². The van der Waals surface area contributed by atoms with Crippen LogP contribution < -0.4 is 4.74 Å². The number of piperidine rings is 1. The van der Waals surface area contributed by atoms with Crippen LogP contribution in [-0.4, -0.2) is 40.0 Å². The first-order valence-electron chi connectivity index (χ1n) is 11.3. The summed E-state index contributed by atoms with van der Waals surface area (Å²) in [7, 11) is -8.75. The van der Waals surface area contributed by atoms with Gasteiger partial charge in [0.2, 0.25) is 6.23 Å². The van der Waals surface area contributed by atoms with Gasteiger partial charge in [0.25, 0.3) is 0 Å². The van der Waals surface area contributed by atoms with E-state index >= 15 is 0 Å². The van der Waals surface area contributed by atoms with Crippen molar-refractivity contribution < 1.29 is 37.6 Å². The standard InChI is InChI=1S/C24H22F6N4O3S/c1-15-12-33(14-31-15)21-8-3-16(10-22(21)35-2)9-18-11-20(37-38(26,27,28,29)30)13-34-23(18)32-36-24(34)17-4-6-19(25)7-5-17/h3-10,12,14,20,24H,11,13H2,1-2H3/b18-9+. The predicted molar refractivity (Wildman–Crippen MR) is 130 cm³/mol. The van der Waals surface area contributed by atoms with Crippen LogP contribution in [0.25, 0.3) is 11.8 Å². The minimum atomic E-state index is -10.2. The second-order valence-corrected chi connectivity index (χ2v) is 10.9. The van der Waals surface area contributed by atoms with Crippen molar-refractivity contribution in [3.8, 4) is 11.4 Å². The van der Waals surface area contributed by atoms with Crippen molar-refractivity contribution in [2.24, 2.45) is 5.16 Å². The van der Waals surface area contributed by atoms with Crippen LogP contribution in [0.5, 0.6) is 5.75 Å². The fourth-order valence-electron chi connectivity index (χ4n) is 4.43. The number of rotatable bonds is 6. The molecule has 0 saturated carbocycles. The number of halogens is 6. The number of benzene rings is 2. The van der Waals surface area contributed by atoms with Crippen LogP contribution in [0.4, 0.5) is 23.8 Å². The zero-order valence-corrected chi connectivity index (χ0v) is 20.8. The van der Waals surface area contributed by atoms with Crippen molar-refractivity contribution in [1.29, 1.82) is 0 Å². The Morgan fingerprint density at radius 3 is 2.45 bits per heavy atom. The lowest BCUT2D eigenvalue weighted by atomic mass is 9.97. The van der Waals surface area contributed by atoms with Crippen LogP contribution in [0.2, 0.25) is 0 Å². The van der Waals surface area contributed by atoms with Crippen LogP contribution in [0, 0.1) is 12.7 Å². The summed E-state index contributed by atoms with van der Waals surface area (Å²) in [5.74, 6) is 0.0742. The fourth-order valence-corrected chi connectivity index (χ4v) is 5.07. The summed E-state index contributed by atoms with van der Waals surface area (Å²) in [4.78, 5) is 10.9. The van der Waals surface area contributed by atoms with Crippen molar-refractivity contribution in [3.63, 3.8) is 0 Å². The van der Waals surface area contributed by atoms with Gasteiger partial charge in [-0.25, -0.2) is 13.6 Å². The summed E-state index contributed by atoms with van der Waals surface area (Å²) in [6, 6.07) is 10.1. The Bertz CT molecular complexity index is 1440. The lowest BCUT2D eigenvalue weighted by molar-refractivity contribution is -0.0131.